The van der Waals surface area contributed by atoms with Gasteiger partial charge in [-0.05, 0) is 38.0 Å². The van der Waals surface area contributed by atoms with Crippen LogP contribution in [0.25, 0.3) is 0 Å². The van der Waals surface area contributed by atoms with Crippen LogP contribution in [-0.4, -0.2) is 12.1 Å². The zero-order valence-corrected chi connectivity index (χ0v) is 12.4. The van der Waals surface area contributed by atoms with E-state index in [-0.39, 0.29) is 0 Å². The van der Waals surface area contributed by atoms with Gasteiger partial charge in [-0.3, -0.25) is 0 Å². The first-order valence-electron chi connectivity index (χ1n) is 8.25. The van der Waals surface area contributed by atoms with Gasteiger partial charge in [0, 0.05) is 12.1 Å². The number of nitrogens with two attached hydrogens (primary N) is 2. The van der Waals surface area contributed by atoms with Crippen LogP contribution in [0.2, 0.25) is 0 Å². The summed E-state index contributed by atoms with van der Waals surface area (Å²) in [7, 11) is 0. The molecule has 0 aromatic heterocycles. The van der Waals surface area contributed by atoms with E-state index >= 15 is 0 Å². The van der Waals surface area contributed by atoms with E-state index in [1.165, 1.54) is 64.2 Å². The van der Waals surface area contributed by atoms with E-state index in [2.05, 4.69) is 6.92 Å². The van der Waals surface area contributed by atoms with Gasteiger partial charge in [0.25, 0.3) is 0 Å². The number of rotatable bonds is 9. The van der Waals surface area contributed by atoms with E-state index in [0.29, 0.717) is 12.1 Å². The van der Waals surface area contributed by atoms with Gasteiger partial charge in [-0.25, -0.2) is 0 Å². The third-order valence-electron chi connectivity index (χ3n) is 4.55. The Labute approximate surface area is 114 Å². The van der Waals surface area contributed by atoms with Crippen molar-refractivity contribution in [1.29, 1.82) is 0 Å². The quantitative estimate of drug-likeness (QED) is 0.612. The molecule has 2 atom stereocenters. The number of hydrogen-bond acceptors (Lipinski definition) is 2. The Hall–Kier alpha value is -0.0800. The first-order chi connectivity index (χ1) is 8.74. The third-order valence-corrected chi connectivity index (χ3v) is 4.55. The molecule has 0 aromatic rings. The van der Waals surface area contributed by atoms with Gasteiger partial charge < -0.3 is 11.5 Å². The second kappa shape index (κ2) is 9.80. The van der Waals surface area contributed by atoms with Crippen LogP contribution in [0, 0.1) is 5.92 Å². The van der Waals surface area contributed by atoms with Crippen molar-refractivity contribution < 1.29 is 0 Å². The molecule has 0 radical (unpaired) electrons. The largest absolute Gasteiger partial charge is 0.328 e. The highest BCUT2D eigenvalue weighted by Gasteiger charge is 2.20. The minimum Gasteiger partial charge on any atom is -0.328 e. The molecule has 1 saturated carbocycles. The van der Waals surface area contributed by atoms with Crippen molar-refractivity contribution in [3.8, 4) is 0 Å². The Balaban J connectivity index is 2.03. The lowest BCUT2D eigenvalue weighted by Gasteiger charge is -2.28. The Morgan fingerprint density at radius 3 is 2.28 bits per heavy atom. The second-order valence-electron chi connectivity index (χ2n) is 6.25. The summed E-state index contributed by atoms with van der Waals surface area (Å²) in [6, 6.07) is 0.795. The van der Waals surface area contributed by atoms with E-state index in [4.69, 9.17) is 11.5 Å². The molecule has 1 fully saturated rings. The average Bonchev–Trinajstić information content (AvgIpc) is 2.42. The van der Waals surface area contributed by atoms with Crippen LogP contribution < -0.4 is 11.5 Å². The standard InChI is InChI=1S/C16H34N2/c1-2-3-4-8-11-15(17)12-13-16(18)14-9-6-5-7-10-14/h14-16H,2-13,17-18H2,1H3. The average molecular weight is 254 g/mol. The molecule has 1 aliphatic carbocycles. The lowest BCUT2D eigenvalue weighted by atomic mass is 9.82. The maximum absolute atomic E-state index is 6.32. The molecule has 4 N–H and O–H groups in total. The summed E-state index contributed by atoms with van der Waals surface area (Å²) in [6.07, 6.45) is 15.7. The normalized spacial score (nSPS) is 20.8. The summed E-state index contributed by atoms with van der Waals surface area (Å²) in [4.78, 5) is 0. The van der Waals surface area contributed by atoms with Gasteiger partial charge in [0.15, 0.2) is 0 Å². The maximum Gasteiger partial charge on any atom is 0.00677 e. The van der Waals surface area contributed by atoms with Crippen molar-refractivity contribution in [2.24, 2.45) is 17.4 Å². The summed E-state index contributed by atoms with van der Waals surface area (Å²) in [6.45, 7) is 2.25. The molecular weight excluding hydrogens is 220 g/mol. The van der Waals surface area contributed by atoms with E-state index in [1.54, 1.807) is 0 Å². The van der Waals surface area contributed by atoms with Crippen LogP contribution in [-0.2, 0) is 0 Å². The van der Waals surface area contributed by atoms with Gasteiger partial charge in [-0.15, -0.1) is 0 Å². The molecule has 2 unspecified atom stereocenters. The highest BCUT2D eigenvalue weighted by atomic mass is 14.7. The molecule has 0 aliphatic heterocycles. The molecule has 108 valence electrons. The van der Waals surface area contributed by atoms with Crippen LogP contribution in [0.5, 0.6) is 0 Å². The SMILES string of the molecule is CCCCCCC(N)CCC(N)C1CCCCC1. The van der Waals surface area contributed by atoms with Crippen LogP contribution in [0.4, 0.5) is 0 Å². The topological polar surface area (TPSA) is 52.0 Å². The summed E-state index contributed by atoms with van der Waals surface area (Å²) >= 11 is 0. The van der Waals surface area contributed by atoms with E-state index < -0.39 is 0 Å². The molecule has 0 heterocycles. The Morgan fingerprint density at radius 1 is 0.889 bits per heavy atom. The maximum atomic E-state index is 6.32. The zero-order valence-electron chi connectivity index (χ0n) is 12.4. The first kappa shape index (κ1) is 16.0. The lowest BCUT2D eigenvalue weighted by molar-refractivity contribution is 0.286. The molecule has 0 aromatic carbocycles. The van der Waals surface area contributed by atoms with Gasteiger partial charge in [0.2, 0.25) is 0 Å². The van der Waals surface area contributed by atoms with Crippen LogP contribution in [0.1, 0.15) is 84.0 Å². The fourth-order valence-electron chi connectivity index (χ4n) is 3.18. The van der Waals surface area contributed by atoms with Crippen molar-refractivity contribution in [3.63, 3.8) is 0 Å². The fraction of sp³-hybridized carbons (Fsp3) is 1.00. The van der Waals surface area contributed by atoms with Gasteiger partial charge >= 0.3 is 0 Å². The van der Waals surface area contributed by atoms with Crippen molar-refractivity contribution in [2.75, 3.05) is 0 Å². The molecule has 0 saturated heterocycles. The predicted molar refractivity (Wildman–Crippen MR) is 80.5 cm³/mol. The molecule has 0 bridgehead atoms. The first-order valence-corrected chi connectivity index (χ1v) is 8.25. The zero-order chi connectivity index (χ0) is 13.2. The van der Waals surface area contributed by atoms with Crippen molar-refractivity contribution in [3.05, 3.63) is 0 Å². The Bertz CT molecular complexity index is 188. The molecule has 0 amide bonds. The fourth-order valence-corrected chi connectivity index (χ4v) is 3.18. The predicted octanol–water partition coefficient (Wildman–Crippen LogP) is 3.97. The Kier molecular flexibility index (Phi) is 8.70. The van der Waals surface area contributed by atoms with E-state index in [9.17, 15) is 0 Å². The van der Waals surface area contributed by atoms with Gasteiger partial charge in [-0.1, -0.05) is 51.9 Å². The highest BCUT2D eigenvalue weighted by molar-refractivity contribution is 4.78. The lowest BCUT2D eigenvalue weighted by Crippen LogP contribution is -2.33. The van der Waals surface area contributed by atoms with Crippen molar-refractivity contribution in [1.82, 2.24) is 0 Å². The minimum absolute atomic E-state index is 0.386. The molecule has 0 spiro atoms. The second-order valence-corrected chi connectivity index (χ2v) is 6.25. The Morgan fingerprint density at radius 2 is 1.61 bits per heavy atom. The molecule has 2 nitrogen and oxygen atoms in total. The van der Waals surface area contributed by atoms with Crippen LogP contribution in [0.3, 0.4) is 0 Å². The summed E-state index contributed by atoms with van der Waals surface area (Å²) in [5, 5.41) is 0. The number of hydrogen-bond donors (Lipinski definition) is 2. The molecule has 2 heteroatoms. The molecular formula is C16H34N2. The van der Waals surface area contributed by atoms with Gasteiger partial charge in [0.05, 0.1) is 0 Å². The minimum atomic E-state index is 0.386. The van der Waals surface area contributed by atoms with Crippen LogP contribution >= 0.6 is 0 Å². The van der Waals surface area contributed by atoms with E-state index in [1.807, 2.05) is 0 Å². The van der Waals surface area contributed by atoms with Gasteiger partial charge in [0.1, 0.15) is 0 Å². The third kappa shape index (κ3) is 6.75. The number of unbranched alkanes of at least 4 members (excludes halogenated alkanes) is 3. The molecule has 1 rings (SSSR count). The highest BCUT2D eigenvalue weighted by Crippen LogP contribution is 2.27. The smallest absolute Gasteiger partial charge is 0.00677 e. The van der Waals surface area contributed by atoms with Crippen molar-refractivity contribution in [2.45, 2.75) is 96.1 Å². The van der Waals surface area contributed by atoms with E-state index in [0.717, 1.165) is 18.8 Å². The monoisotopic (exact) mass is 254 g/mol. The summed E-state index contributed by atoms with van der Waals surface area (Å²) < 4.78 is 0. The molecule has 18 heavy (non-hydrogen) atoms. The van der Waals surface area contributed by atoms with Crippen molar-refractivity contribution >= 4 is 0 Å². The summed E-state index contributed by atoms with van der Waals surface area (Å²) in [5.41, 5.74) is 12.5. The van der Waals surface area contributed by atoms with Crippen LogP contribution in [0.15, 0.2) is 0 Å². The summed E-state index contributed by atoms with van der Waals surface area (Å²) in [5.74, 6) is 0.783. The van der Waals surface area contributed by atoms with Gasteiger partial charge in [-0.2, -0.15) is 0 Å². The molecule has 1 aliphatic rings.